The molecule has 3 aliphatic heterocycles. The molecule has 4 aromatic rings. The molecule has 3 fully saturated rings. The molecule has 0 spiro atoms. The summed E-state index contributed by atoms with van der Waals surface area (Å²) >= 11 is 0. The second-order valence-electron chi connectivity index (χ2n) is 10.9. The maximum absolute atomic E-state index is 13.6. The first-order valence-electron chi connectivity index (χ1n) is 13.6. The quantitative estimate of drug-likeness (QED) is 0.129. The number of rotatable bonds is 2. The highest BCUT2D eigenvalue weighted by Gasteiger charge is 2.53. The third-order valence-electron chi connectivity index (χ3n) is 7.64. The molecule has 24 heteroatoms. The van der Waals surface area contributed by atoms with E-state index in [0.717, 1.165) is 13.3 Å². The Morgan fingerprint density at radius 1 is 0.783 bits per heavy atom. The maximum Gasteiger partial charge on any atom is 0.328 e. The van der Waals surface area contributed by atoms with E-state index in [1.165, 1.54) is 21.8 Å². The van der Waals surface area contributed by atoms with E-state index in [0.29, 0.717) is 0 Å². The van der Waals surface area contributed by atoms with Crippen molar-refractivity contribution in [1.29, 1.82) is 0 Å². The van der Waals surface area contributed by atoms with E-state index >= 15 is 0 Å². The number of nitrogens with zero attached hydrogens (tertiary/aromatic N) is 6. The van der Waals surface area contributed by atoms with E-state index < -0.39 is 88.6 Å². The maximum atomic E-state index is 13.6. The van der Waals surface area contributed by atoms with Gasteiger partial charge in [0.05, 0.1) is 25.9 Å². The minimum Gasteiger partial charge on any atom is -0.386 e. The van der Waals surface area contributed by atoms with Crippen molar-refractivity contribution < 1.29 is 46.9 Å². The molecule has 4 aromatic heterocycles. The second kappa shape index (κ2) is 11.0. The summed E-state index contributed by atoms with van der Waals surface area (Å²) < 4.78 is 64.4. The van der Waals surface area contributed by atoms with Crippen LogP contribution in [0.4, 0.5) is 11.9 Å². The number of imidazole rings is 2. The molecule has 46 heavy (non-hydrogen) atoms. The van der Waals surface area contributed by atoms with Crippen molar-refractivity contribution in [3.8, 4) is 0 Å². The lowest BCUT2D eigenvalue weighted by atomic mass is 10.1. The summed E-state index contributed by atoms with van der Waals surface area (Å²) in [6.07, 6.45) is -8.43. The molecule has 8 N–H and O–H groups in total. The number of nitrogens with two attached hydrogens (primary N) is 2. The van der Waals surface area contributed by atoms with Crippen LogP contribution in [0.3, 0.4) is 0 Å². The number of nitrogen functional groups attached to an aromatic ring is 2. The number of aromatic amines is 2. The van der Waals surface area contributed by atoms with Crippen LogP contribution in [0.2, 0.25) is 0 Å². The fourth-order valence-electron chi connectivity index (χ4n) is 5.61. The summed E-state index contributed by atoms with van der Waals surface area (Å²) in [6.45, 7) is 1.28. The minimum absolute atomic E-state index is 0.00866. The van der Waals surface area contributed by atoms with E-state index in [1.54, 1.807) is 0 Å². The van der Waals surface area contributed by atoms with Gasteiger partial charge in [-0.05, 0) is 0 Å². The van der Waals surface area contributed by atoms with Crippen LogP contribution in [0, 0.1) is 0 Å². The number of hydrogen-bond donors (Lipinski definition) is 6. The highest BCUT2D eigenvalue weighted by molar-refractivity contribution is 7.53. The van der Waals surface area contributed by atoms with Crippen LogP contribution >= 0.6 is 15.2 Å². The first kappa shape index (κ1) is 31.1. The van der Waals surface area contributed by atoms with E-state index in [-0.39, 0.29) is 34.2 Å². The number of nitrogens with one attached hydrogen (secondary N) is 2. The van der Waals surface area contributed by atoms with Crippen molar-refractivity contribution in [2.45, 2.75) is 49.1 Å². The van der Waals surface area contributed by atoms with Crippen LogP contribution in [0.5, 0.6) is 0 Å². The summed E-state index contributed by atoms with van der Waals surface area (Å²) in [6, 6.07) is 0. The molecule has 3 aliphatic rings. The van der Waals surface area contributed by atoms with Gasteiger partial charge in [0.15, 0.2) is 34.8 Å². The Balaban J connectivity index is 1.18. The fraction of sp³-hybridized carbons (Fsp3) is 0.545. The van der Waals surface area contributed by atoms with Crippen molar-refractivity contribution in [2.24, 2.45) is 0 Å². The molecule has 7 heterocycles. The molecule has 0 aliphatic carbocycles. The molecule has 0 aromatic carbocycles. The van der Waals surface area contributed by atoms with Gasteiger partial charge in [0, 0.05) is 13.3 Å². The second-order valence-corrected chi connectivity index (χ2v) is 15.0. The number of ether oxygens (including phenoxy) is 2. The molecule has 4 unspecified atom stereocenters. The molecule has 248 valence electrons. The number of aromatic nitrogens is 8. The van der Waals surface area contributed by atoms with Gasteiger partial charge >= 0.3 is 15.2 Å². The molecule has 7 rings (SSSR count). The van der Waals surface area contributed by atoms with Gasteiger partial charge in [0.2, 0.25) is 11.9 Å². The van der Waals surface area contributed by atoms with Crippen LogP contribution in [0.1, 0.15) is 12.5 Å². The lowest BCUT2D eigenvalue weighted by Crippen LogP contribution is -2.39. The summed E-state index contributed by atoms with van der Waals surface area (Å²) in [5.41, 5.74) is 9.95. The number of anilines is 2. The summed E-state index contributed by atoms with van der Waals surface area (Å²) in [5, 5.41) is 22.6. The van der Waals surface area contributed by atoms with Crippen LogP contribution in [-0.4, -0.2) is 112 Å². The predicted molar refractivity (Wildman–Crippen MR) is 154 cm³/mol. The van der Waals surface area contributed by atoms with Gasteiger partial charge in [-0.2, -0.15) is 9.97 Å². The third kappa shape index (κ3) is 5.35. The average molecular weight is 686 g/mol. The third-order valence-corrected chi connectivity index (χ3v) is 10.1. The first-order valence-corrected chi connectivity index (χ1v) is 17.6. The summed E-state index contributed by atoms with van der Waals surface area (Å²) in [7, 11) is -8.07. The zero-order valence-corrected chi connectivity index (χ0v) is 25.7. The molecule has 0 bridgehead atoms. The Kier molecular flexibility index (Phi) is 7.44. The number of hydrogen-bond acceptors (Lipinski definition) is 18. The normalized spacial score (nSPS) is 37.1. The van der Waals surface area contributed by atoms with Crippen molar-refractivity contribution in [1.82, 2.24) is 39.0 Å². The van der Waals surface area contributed by atoms with Gasteiger partial charge in [0.25, 0.3) is 11.1 Å². The number of aliphatic hydroxyl groups is 2. The zero-order chi connectivity index (χ0) is 32.7. The summed E-state index contributed by atoms with van der Waals surface area (Å²) in [4.78, 5) is 45.3. The first-order chi connectivity index (χ1) is 21.7. The lowest BCUT2D eigenvalue weighted by Gasteiger charge is -2.29. The standard InChI is InChI=1S/C22H28N10O12P2/c1-45(37)39-3-7-14(12(34)20(41-7)32-6-26-10-16(32)28-22(24)30-18(10)36)44-46(2,38)40-4-8-13(43-45)11(33)19(42-8)31-5-25-9-15(31)27-21(23)29-17(9)35/h5-8,11-14,19-20,33-34H,3-4H2,1-2H3,(H3,23,27,29,35)(H3,24,28,30,36)/t7-,8-,11-,12-,13?,14?,19+,20+,45?,46?/m0/s1. The van der Waals surface area contributed by atoms with Crippen LogP contribution in [0.25, 0.3) is 22.3 Å². The van der Waals surface area contributed by atoms with Gasteiger partial charge in [0.1, 0.15) is 36.6 Å². The van der Waals surface area contributed by atoms with E-state index in [9.17, 15) is 28.9 Å². The molecular weight excluding hydrogens is 658 g/mol. The van der Waals surface area contributed by atoms with Gasteiger partial charge < -0.3 is 40.2 Å². The Bertz CT molecular complexity index is 1900. The van der Waals surface area contributed by atoms with Gasteiger partial charge in [-0.1, -0.05) is 0 Å². The summed E-state index contributed by atoms with van der Waals surface area (Å²) in [5.74, 6) is -0.415. The zero-order valence-electron chi connectivity index (χ0n) is 23.9. The van der Waals surface area contributed by atoms with E-state index in [1.807, 2.05) is 0 Å². The molecule has 10 atom stereocenters. The van der Waals surface area contributed by atoms with Gasteiger partial charge in [-0.15, -0.1) is 0 Å². The number of fused-ring (bicyclic) bond motifs is 4. The molecule has 22 nitrogen and oxygen atoms in total. The SMILES string of the molecule is CP1(=O)OC[C@@H]2O[C@@H](n3cnc4c(=O)[nH]c(N)nc43)[C@@H](O)C2OP(C)(=O)OC[C@@H]2O[C@@H](n3cnc4c(=O)[nH]c(N)nc43)[C@@H](O)C2O1. The van der Waals surface area contributed by atoms with Crippen LogP contribution < -0.4 is 22.6 Å². The largest absolute Gasteiger partial charge is 0.386 e. The Morgan fingerprint density at radius 2 is 1.17 bits per heavy atom. The molecule has 0 radical (unpaired) electrons. The highest BCUT2D eigenvalue weighted by atomic mass is 31.2. The number of H-pyrrole nitrogens is 2. The number of aliphatic hydroxyl groups excluding tert-OH is 2. The van der Waals surface area contributed by atoms with Crippen LogP contribution in [0.15, 0.2) is 22.2 Å². The fourth-order valence-corrected chi connectivity index (χ4v) is 7.97. The monoisotopic (exact) mass is 686 g/mol. The molecule has 0 amide bonds. The van der Waals surface area contributed by atoms with Crippen molar-refractivity contribution in [3.63, 3.8) is 0 Å². The van der Waals surface area contributed by atoms with Gasteiger partial charge in [-0.25, -0.2) is 9.97 Å². The Labute approximate surface area is 256 Å². The Hall–Kier alpha value is -3.56. The molecular formula is C22H28N10O12P2. The predicted octanol–water partition coefficient (Wildman–Crippen LogP) is -1.60. The smallest absolute Gasteiger partial charge is 0.328 e. The van der Waals surface area contributed by atoms with E-state index in [4.69, 9.17) is 39.0 Å². The van der Waals surface area contributed by atoms with E-state index in [2.05, 4.69) is 29.9 Å². The van der Waals surface area contributed by atoms with Gasteiger partial charge in [-0.3, -0.25) is 46.9 Å². The average Bonchev–Trinajstić information content (AvgIpc) is 3.72. The van der Waals surface area contributed by atoms with Crippen LogP contribution in [-0.2, 0) is 36.7 Å². The van der Waals surface area contributed by atoms with Crippen molar-refractivity contribution in [3.05, 3.63) is 33.4 Å². The molecule has 0 saturated carbocycles. The van der Waals surface area contributed by atoms with Crippen molar-refractivity contribution in [2.75, 3.05) is 38.0 Å². The van der Waals surface area contributed by atoms with Crippen molar-refractivity contribution >= 4 is 49.4 Å². The molecule has 3 saturated heterocycles. The Morgan fingerprint density at radius 3 is 1.57 bits per heavy atom. The topological polar surface area (TPSA) is 309 Å². The minimum atomic E-state index is -4.04. The lowest BCUT2D eigenvalue weighted by molar-refractivity contribution is -0.0578. The highest BCUT2D eigenvalue weighted by Crippen LogP contribution is 2.54.